The van der Waals surface area contributed by atoms with Crippen LogP contribution in [0.3, 0.4) is 0 Å². The lowest BCUT2D eigenvalue weighted by Crippen LogP contribution is -2.56. The van der Waals surface area contributed by atoms with E-state index in [1.54, 1.807) is 0 Å². The number of imide groups is 1. The molecule has 1 aliphatic carbocycles. The number of rotatable bonds is 8. The van der Waals surface area contributed by atoms with Crippen LogP contribution in [0.5, 0.6) is 0 Å². The monoisotopic (exact) mass is 473 g/mol. The molecule has 7 heteroatoms. The van der Waals surface area contributed by atoms with Gasteiger partial charge >= 0.3 is 6.09 Å². The highest BCUT2D eigenvalue weighted by Crippen LogP contribution is 2.50. The van der Waals surface area contributed by atoms with Gasteiger partial charge in [-0.1, -0.05) is 64.4 Å². The Bertz CT molecular complexity index is 888. The summed E-state index contributed by atoms with van der Waals surface area (Å²) < 4.78 is 12.4. The van der Waals surface area contributed by atoms with Crippen LogP contribution >= 0.6 is 0 Å². The molecule has 0 bridgehead atoms. The Hall–Kier alpha value is -1.99. The quantitative estimate of drug-likeness (QED) is 0.431. The maximum absolute atomic E-state index is 13.5. The van der Waals surface area contributed by atoms with Gasteiger partial charge in [-0.05, 0) is 43.5 Å². The third kappa shape index (κ3) is 4.80. The Labute approximate surface area is 199 Å². The highest BCUT2D eigenvalue weighted by atomic mass is 28.4. The van der Waals surface area contributed by atoms with E-state index in [-0.39, 0.29) is 23.1 Å². The third-order valence-electron chi connectivity index (χ3n) is 8.01. The molecule has 2 aliphatic rings. The lowest BCUT2D eigenvalue weighted by Gasteiger charge is -2.50. The van der Waals surface area contributed by atoms with Gasteiger partial charge in [-0.3, -0.25) is 9.59 Å². The molecule has 3 atom stereocenters. The molecule has 182 valence electrons. The molecule has 2 fully saturated rings. The van der Waals surface area contributed by atoms with E-state index in [1.807, 2.05) is 44.2 Å². The molecular formula is C26H39NO5Si. The van der Waals surface area contributed by atoms with Crippen LogP contribution in [0.1, 0.15) is 78.4 Å². The van der Waals surface area contributed by atoms with Crippen LogP contribution < -0.4 is 0 Å². The number of benzene rings is 1. The van der Waals surface area contributed by atoms with Gasteiger partial charge in [0.05, 0.1) is 24.0 Å². The fourth-order valence-corrected chi connectivity index (χ4v) is 6.09. The minimum atomic E-state index is -2.26. The number of cyclic esters (lactones) is 1. The van der Waals surface area contributed by atoms with E-state index in [0.29, 0.717) is 6.42 Å². The van der Waals surface area contributed by atoms with Gasteiger partial charge in [0.25, 0.3) is 0 Å². The fraction of sp³-hybridized carbons (Fsp3) is 0.654. The summed E-state index contributed by atoms with van der Waals surface area (Å²) in [7, 11) is -2.26. The van der Waals surface area contributed by atoms with E-state index in [4.69, 9.17) is 9.16 Å². The van der Waals surface area contributed by atoms with Gasteiger partial charge in [0.1, 0.15) is 11.9 Å². The molecule has 33 heavy (non-hydrogen) atoms. The van der Waals surface area contributed by atoms with Crippen molar-refractivity contribution in [3.63, 3.8) is 0 Å². The standard InChI is InChI=1S/C26H39NO5Si/c1-8-20(28)26(15-12-16-26)21(32-33(6,7)25(3,4)5)17-22(29)27-18(2)23(31-24(27)30)19-13-10-9-11-14-19/h9-11,13-14,18,21,23H,8,12,15-17H2,1-7H3/t18-,21-,23-/m1/s1. The summed E-state index contributed by atoms with van der Waals surface area (Å²) >= 11 is 0. The summed E-state index contributed by atoms with van der Waals surface area (Å²) in [5, 5.41) is -0.0627. The first kappa shape index (κ1) is 25.6. The van der Waals surface area contributed by atoms with Gasteiger partial charge < -0.3 is 9.16 Å². The Balaban J connectivity index is 1.87. The molecule has 0 radical (unpaired) electrons. The predicted octanol–water partition coefficient (Wildman–Crippen LogP) is 6.02. The fourth-order valence-electron chi connectivity index (χ4n) is 4.71. The van der Waals surface area contributed by atoms with E-state index in [1.165, 1.54) is 4.90 Å². The van der Waals surface area contributed by atoms with Gasteiger partial charge in [-0.25, -0.2) is 9.69 Å². The van der Waals surface area contributed by atoms with Crippen LogP contribution in [0.25, 0.3) is 0 Å². The summed E-state index contributed by atoms with van der Waals surface area (Å²) in [4.78, 5) is 40.6. The second-order valence-corrected chi connectivity index (χ2v) is 15.8. The first-order valence-electron chi connectivity index (χ1n) is 12.1. The number of hydrogen-bond donors (Lipinski definition) is 0. The van der Waals surface area contributed by atoms with Crippen molar-refractivity contribution in [2.45, 2.75) is 103 Å². The predicted molar refractivity (Wildman–Crippen MR) is 130 cm³/mol. The zero-order valence-electron chi connectivity index (χ0n) is 21.1. The number of amides is 2. The molecule has 1 heterocycles. The van der Waals surface area contributed by atoms with Crippen LogP contribution in [0.2, 0.25) is 18.1 Å². The number of Topliss-reactive ketones (excluding diaryl/α,β-unsaturated/α-hetero) is 1. The first-order valence-corrected chi connectivity index (χ1v) is 15.0. The molecule has 1 aromatic rings. The maximum atomic E-state index is 13.5. The van der Waals surface area contributed by atoms with Crippen LogP contribution in [-0.4, -0.2) is 43.1 Å². The highest BCUT2D eigenvalue weighted by molar-refractivity contribution is 6.74. The van der Waals surface area contributed by atoms with E-state index < -0.39 is 38.1 Å². The van der Waals surface area contributed by atoms with Gasteiger partial charge in [0, 0.05) is 6.42 Å². The van der Waals surface area contributed by atoms with Gasteiger partial charge in [0.2, 0.25) is 5.91 Å². The lowest BCUT2D eigenvalue weighted by molar-refractivity contribution is -0.147. The average Bonchev–Trinajstić information content (AvgIpc) is 3.00. The summed E-state index contributed by atoms with van der Waals surface area (Å²) in [5.41, 5.74) is 0.227. The molecule has 3 rings (SSSR count). The minimum Gasteiger partial charge on any atom is -0.439 e. The number of carbonyl (C=O) groups is 3. The molecule has 1 aromatic carbocycles. The van der Waals surface area contributed by atoms with Gasteiger partial charge in [0.15, 0.2) is 8.32 Å². The summed E-state index contributed by atoms with van der Waals surface area (Å²) in [5.74, 6) is -0.172. The molecule has 2 amide bonds. The first-order chi connectivity index (χ1) is 15.3. The van der Waals surface area contributed by atoms with Crippen LogP contribution in [-0.2, 0) is 18.8 Å². The van der Waals surface area contributed by atoms with Crippen molar-refractivity contribution < 1.29 is 23.5 Å². The van der Waals surface area contributed by atoms with Crippen LogP contribution in [0, 0.1) is 5.41 Å². The van der Waals surface area contributed by atoms with Crippen molar-refractivity contribution >= 4 is 26.1 Å². The second kappa shape index (κ2) is 9.33. The van der Waals surface area contributed by atoms with Crippen molar-refractivity contribution in [3.05, 3.63) is 35.9 Å². The summed E-state index contributed by atoms with van der Waals surface area (Å²) in [6.45, 7) is 14.4. The zero-order valence-corrected chi connectivity index (χ0v) is 22.1. The highest BCUT2D eigenvalue weighted by Gasteiger charge is 2.54. The third-order valence-corrected chi connectivity index (χ3v) is 12.5. The molecule has 1 aliphatic heterocycles. The number of ketones is 1. The maximum Gasteiger partial charge on any atom is 0.417 e. The Morgan fingerprint density at radius 1 is 1.21 bits per heavy atom. The normalized spacial score (nSPS) is 23.6. The van der Waals surface area contributed by atoms with E-state index in [2.05, 4.69) is 33.9 Å². The number of carbonyl (C=O) groups excluding carboxylic acids is 3. The van der Waals surface area contributed by atoms with Crippen molar-refractivity contribution in [1.82, 2.24) is 4.90 Å². The molecule has 6 nitrogen and oxygen atoms in total. The topological polar surface area (TPSA) is 72.9 Å². The summed E-state index contributed by atoms with van der Waals surface area (Å²) in [6, 6.07) is 9.05. The molecule has 1 saturated heterocycles. The number of nitrogens with zero attached hydrogens (tertiary/aromatic N) is 1. The smallest absolute Gasteiger partial charge is 0.417 e. The molecule has 0 spiro atoms. The van der Waals surface area contributed by atoms with Gasteiger partial charge in [-0.15, -0.1) is 0 Å². The van der Waals surface area contributed by atoms with Crippen LogP contribution in [0.15, 0.2) is 30.3 Å². The average molecular weight is 474 g/mol. The molecule has 0 aromatic heterocycles. The Morgan fingerprint density at radius 2 is 1.82 bits per heavy atom. The zero-order chi connectivity index (χ0) is 24.6. The Kier molecular flexibility index (Phi) is 7.25. The molecule has 1 saturated carbocycles. The minimum absolute atomic E-state index is 0.0131. The van der Waals surface area contributed by atoms with E-state index >= 15 is 0 Å². The number of hydrogen-bond acceptors (Lipinski definition) is 5. The van der Waals surface area contributed by atoms with Crippen LogP contribution in [0.4, 0.5) is 4.79 Å². The number of ether oxygens (including phenoxy) is 1. The Morgan fingerprint density at radius 3 is 2.30 bits per heavy atom. The van der Waals surface area contributed by atoms with E-state index in [9.17, 15) is 14.4 Å². The van der Waals surface area contributed by atoms with Gasteiger partial charge in [-0.2, -0.15) is 0 Å². The van der Waals surface area contributed by atoms with Crippen molar-refractivity contribution in [3.8, 4) is 0 Å². The molecule has 0 N–H and O–H groups in total. The lowest BCUT2D eigenvalue weighted by atomic mass is 9.61. The van der Waals surface area contributed by atoms with E-state index in [0.717, 1.165) is 24.8 Å². The SMILES string of the molecule is CCC(=O)C1([C@@H](CC(=O)N2C(=O)O[C@@H](c3ccccc3)[C@H]2C)O[Si](C)(C)C(C)(C)C)CCC1. The largest absolute Gasteiger partial charge is 0.439 e. The van der Waals surface area contributed by atoms with Crippen molar-refractivity contribution in [2.75, 3.05) is 0 Å². The van der Waals surface area contributed by atoms with Crippen molar-refractivity contribution in [1.29, 1.82) is 0 Å². The molecular weight excluding hydrogens is 434 g/mol. The van der Waals surface area contributed by atoms with Crippen molar-refractivity contribution in [2.24, 2.45) is 5.41 Å². The molecule has 0 unspecified atom stereocenters. The summed E-state index contributed by atoms with van der Waals surface area (Å²) in [6.07, 6.45) is 1.20. The second-order valence-electron chi connectivity index (χ2n) is 11.1.